The molecular formula is C23H14ClN3O. The summed E-state index contributed by atoms with van der Waals surface area (Å²) in [5.41, 5.74) is 4.57. The molecule has 4 nitrogen and oxygen atoms in total. The Bertz CT molecular complexity index is 1380. The van der Waals surface area contributed by atoms with Crippen molar-refractivity contribution in [1.82, 2.24) is 14.5 Å². The Morgan fingerprint density at radius 2 is 1.36 bits per heavy atom. The van der Waals surface area contributed by atoms with Crippen LogP contribution in [0.5, 0.6) is 0 Å². The zero-order valence-electron chi connectivity index (χ0n) is 14.7. The van der Waals surface area contributed by atoms with Gasteiger partial charge in [0.15, 0.2) is 5.52 Å². The van der Waals surface area contributed by atoms with Crippen LogP contribution in [0, 0.1) is 0 Å². The zero-order chi connectivity index (χ0) is 19.1. The second kappa shape index (κ2) is 6.59. The van der Waals surface area contributed by atoms with E-state index in [1.165, 1.54) is 0 Å². The molecule has 0 N–H and O–H groups in total. The van der Waals surface area contributed by atoms with E-state index in [-0.39, 0.29) is 5.56 Å². The quantitative estimate of drug-likeness (QED) is 0.391. The van der Waals surface area contributed by atoms with Crippen LogP contribution < -0.4 is 5.56 Å². The van der Waals surface area contributed by atoms with Crippen LogP contribution in [0.3, 0.4) is 0 Å². The maximum Gasteiger partial charge on any atom is 0.283 e. The van der Waals surface area contributed by atoms with Crippen LogP contribution in [0.25, 0.3) is 39.0 Å². The highest BCUT2D eigenvalue weighted by Crippen LogP contribution is 2.25. The monoisotopic (exact) mass is 383 g/mol. The highest BCUT2D eigenvalue weighted by molar-refractivity contribution is 6.30. The van der Waals surface area contributed by atoms with Gasteiger partial charge in [0.1, 0.15) is 0 Å². The highest BCUT2D eigenvalue weighted by Gasteiger charge is 2.15. The average Bonchev–Trinajstić information content (AvgIpc) is 2.74. The molecular weight excluding hydrogens is 370 g/mol. The number of nitrogens with zero attached hydrogens (tertiary/aromatic N) is 3. The van der Waals surface area contributed by atoms with Crippen molar-refractivity contribution in [2.24, 2.45) is 0 Å². The van der Waals surface area contributed by atoms with Gasteiger partial charge in [-0.2, -0.15) is 0 Å². The molecule has 0 saturated heterocycles. The largest absolute Gasteiger partial charge is 0.283 e. The third-order valence-electron chi connectivity index (χ3n) is 4.67. The first-order chi connectivity index (χ1) is 13.7. The molecule has 134 valence electrons. The highest BCUT2D eigenvalue weighted by atomic mass is 35.5. The maximum atomic E-state index is 13.5. The molecule has 2 heterocycles. The molecule has 3 aromatic carbocycles. The van der Waals surface area contributed by atoms with Gasteiger partial charge in [0.2, 0.25) is 0 Å². The normalized spacial score (nSPS) is 11.2. The molecule has 0 spiro atoms. The zero-order valence-corrected chi connectivity index (χ0v) is 15.5. The second-order valence-electron chi connectivity index (χ2n) is 6.46. The van der Waals surface area contributed by atoms with Gasteiger partial charge in [0, 0.05) is 10.7 Å². The number of hydrogen-bond donors (Lipinski definition) is 0. The molecule has 0 saturated carbocycles. The average molecular weight is 384 g/mol. The van der Waals surface area contributed by atoms with Gasteiger partial charge in [-0.1, -0.05) is 54.1 Å². The second-order valence-corrected chi connectivity index (χ2v) is 6.90. The van der Waals surface area contributed by atoms with Crippen molar-refractivity contribution in [3.63, 3.8) is 0 Å². The first-order valence-electron chi connectivity index (χ1n) is 8.85. The molecule has 0 aliphatic rings. The third kappa shape index (κ3) is 2.75. The summed E-state index contributed by atoms with van der Waals surface area (Å²) in [6, 6.07) is 26.5. The minimum Gasteiger partial charge on any atom is -0.275 e. The molecule has 0 aliphatic heterocycles. The minimum absolute atomic E-state index is 0.211. The summed E-state index contributed by atoms with van der Waals surface area (Å²) in [5.74, 6) is 0. The van der Waals surface area contributed by atoms with Crippen molar-refractivity contribution in [1.29, 1.82) is 0 Å². The standard InChI is InChI=1S/C23H14ClN3O/c24-16-10-12-17(13-11-16)27-21(15-6-2-1-3-7-15)14-20-22(23(27)28)26-19-9-5-4-8-18(19)25-20/h1-14H. The van der Waals surface area contributed by atoms with E-state index in [2.05, 4.69) is 9.97 Å². The van der Waals surface area contributed by atoms with Crippen molar-refractivity contribution in [2.45, 2.75) is 0 Å². The number of halogens is 1. The number of hydrogen-bond acceptors (Lipinski definition) is 3. The Balaban J connectivity index is 1.91. The molecule has 0 unspecified atom stereocenters. The van der Waals surface area contributed by atoms with Crippen molar-refractivity contribution in [2.75, 3.05) is 0 Å². The van der Waals surface area contributed by atoms with E-state index < -0.39 is 0 Å². The van der Waals surface area contributed by atoms with Gasteiger partial charge >= 0.3 is 0 Å². The van der Waals surface area contributed by atoms with Gasteiger partial charge in [-0.25, -0.2) is 9.97 Å². The maximum absolute atomic E-state index is 13.5. The van der Waals surface area contributed by atoms with Gasteiger partial charge < -0.3 is 0 Å². The van der Waals surface area contributed by atoms with E-state index in [0.29, 0.717) is 21.6 Å². The summed E-state index contributed by atoms with van der Waals surface area (Å²) in [7, 11) is 0. The summed E-state index contributed by atoms with van der Waals surface area (Å²) in [4.78, 5) is 22.7. The van der Waals surface area contributed by atoms with Crippen LogP contribution in [0.15, 0.2) is 89.7 Å². The Morgan fingerprint density at radius 3 is 2.07 bits per heavy atom. The van der Waals surface area contributed by atoms with Crippen LogP contribution in [0.4, 0.5) is 0 Å². The van der Waals surface area contributed by atoms with Gasteiger partial charge in [-0.15, -0.1) is 0 Å². The molecule has 0 fully saturated rings. The number of benzene rings is 3. The van der Waals surface area contributed by atoms with E-state index in [4.69, 9.17) is 11.6 Å². The fraction of sp³-hybridized carbons (Fsp3) is 0. The number of aromatic nitrogens is 3. The molecule has 5 aromatic rings. The fourth-order valence-electron chi connectivity index (χ4n) is 3.35. The van der Waals surface area contributed by atoms with Crippen molar-refractivity contribution in [3.8, 4) is 16.9 Å². The van der Waals surface area contributed by atoms with Crippen LogP contribution in [0.2, 0.25) is 5.02 Å². The lowest BCUT2D eigenvalue weighted by atomic mass is 10.1. The van der Waals surface area contributed by atoms with Crippen LogP contribution >= 0.6 is 11.6 Å². The lowest BCUT2D eigenvalue weighted by Crippen LogP contribution is -2.21. The molecule has 0 amide bonds. The fourth-order valence-corrected chi connectivity index (χ4v) is 3.47. The Kier molecular flexibility index (Phi) is 3.92. The Morgan fingerprint density at radius 1 is 0.714 bits per heavy atom. The Labute approximate surface area is 165 Å². The smallest absolute Gasteiger partial charge is 0.275 e. The van der Waals surface area contributed by atoms with Crippen molar-refractivity contribution >= 4 is 33.7 Å². The topological polar surface area (TPSA) is 47.8 Å². The minimum atomic E-state index is -0.211. The molecule has 0 bridgehead atoms. The SMILES string of the molecule is O=c1c2nc3ccccc3nc2cc(-c2ccccc2)n1-c1ccc(Cl)cc1. The predicted molar refractivity (Wildman–Crippen MR) is 113 cm³/mol. The third-order valence-corrected chi connectivity index (χ3v) is 4.92. The number of rotatable bonds is 2. The van der Waals surface area contributed by atoms with Gasteiger partial charge in [-0.05, 0) is 48.0 Å². The first-order valence-corrected chi connectivity index (χ1v) is 9.22. The van der Waals surface area contributed by atoms with E-state index >= 15 is 0 Å². The molecule has 28 heavy (non-hydrogen) atoms. The molecule has 0 atom stereocenters. The van der Waals surface area contributed by atoms with Gasteiger partial charge in [0.25, 0.3) is 5.56 Å². The molecule has 5 rings (SSSR count). The van der Waals surface area contributed by atoms with E-state index in [1.54, 1.807) is 16.7 Å². The van der Waals surface area contributed by atoms with E-state index in [1.807, 2.05) is 72.8 Å². The van der Waals surface area contributed by atoms with Gasteiger partial charge in [0.05, 0.1) is 22.2 Å². The molecule has 0 radical (unpaired) electrons. The van der Waals surface area contributed by atoms with Crippen LogP contribution in [0.1, 0.15) is 0 Å². The van der Waals surface area contributed by atoms with Crippen molar-refractivity contribution < 1.29 is 0 Å². The van der Waals surface area contributed by atoms with Crippen LogP contribution in [-0.4, -0.2) is 14.5 Å². The van der Waals surface area contributed by atoms with Crippen molar-refractivity contribution in [3.05, 3.63) is 100 Å². The number of para-hydroxylation sites is 2. The lowest BCUT2D eigenvalue weighted by Gasteiger charge is -2.15. The molecule has 0 aliphatic carbocycles. The number of fused-ring (bicyclic) bond motifs is 2. The summed E-state index contributed by atoms with van der Waals surface area (Å²) in [6.45, 7) is 0. The van der Waals surface area contributed by atoms with Crippen LogP contribution in [-0.2, 0) is 0 Å². The summed E-state index contributed by atoms with van der Waals surface area (Å²) >= 11 is 6.05. The van der Waals surface area contributed by atoms with Gasteiger partial charge in [-0.3, -0.25) is 9.36 Å². The summed E-state index contributed by atoms with van der Waals surface area (Å²) < 4.78 is 1.66. The summed E-state index contributed by atoms with van der Waals surface area (Å²) in [6.07, 6.45) is 0. The molecule has 2 aromatic heterocycles. The molecule has 5 heteroatoms. The predicted octanol–water partition coefficient (Wildman–Crippen LogP) is 5.25. The number of pyridine rings is 1. The van der Waals surface area contributed by atoms with E-state index in [9.17, 15) is 4.79 Å². The van der Waals surface area contributed by atoms with E-state index in [0.717, 1.165) is 22.5 Å². The first kappa shape index (κ1) is 16.7. The Hall–Kier alpha value is -3.50. The lowest BCUT2D eigenvalue weighted by molar-refractivity contribution is 1.01. The summed E-state index contributed by atoms with van der Waals surface area (Å²) in [5, 5.41) is 0.615.